The SMILES string of the molecule is Cc1ccc(OC(C)C)nc1C. The van der Waals surface area contributed by atoms with Gasteiger partial charge >= 0.3 is 0 Å². The number of hydrogen-bond acceptors (Lipinski definition) is 2. The molecule has 1 heterocycles. The van der Waals surface area contributed by atoms with Crippen LogP contribution in [0.3, 0.4) is 0 Å². The predicted molar refractivity (Wildman–Crippen MR) is 49.5 cm³/mol. The van der Waals surface area contributed by atoms with Crippen LogP contribution in [0.1, 0.15) is 25.1 Å². The first-order valence-corrected chi connectivity index (χ1v) is 4.20. The van der Waals surface area contributed by atoms with Crippen molar-refractivity contribution in [3.8, 4) is 5.88 Å². The third-order valence-corrected chi connectivity index (χ3v) is 1.68. The fourth-order valence-electron chi connectivity index (χ4n) is 0.915. The molecule has 1 aromatic heterocycles. The molecule has 2 heteroatoms. The molecule has 0 atom stereocenters. The van der Waals surface area contributed by atoms with E-state index in [4.69, 9.17) is 4.74 Å². The van der Waals surface area contributed by atoms with E-state index in [-0.39, 0.29) is 6.10 Å². The van der Waals surface area contributed by atoms with Crippen molar-refractivity contribution in [2.45, 2.75) is 33.8 Å². The summed E-state index contributed by atoms with van der Waals surface area (Å²) in [5, 5.41) is 0. The number of pyridine rings is 1. The number of hydrogen-bond donors (Lipinski definition) is 0. The lowest BCUT2D eigenvalue weighted by atomic mass is 10.2. The van der Waals surface area contributed by atoms with E-state index in [0.29, 0.717) is 5.88 Å². The Morgan fingerprint density at radius 1 is 1.25 bits per heavy atom. The quantitative estimate of drug-likeness (QED) is 0.671. The second-order valence-corrected chi connectivity index (χ2v) is 3.22. The number of aromatic nitrogens is 1. The van der Waals surface area contributed by atoms with Crippen LogP contribution in [0.25, 0.3) is 0 Å². The van der Waals surface area contributed by atoms with E-state index in [0.717, 1.165) is 5.69 Å². The smallest absolute Gasteiger partial charge is 0.213 e. The van der Waals surface area contributed by atoms with Gasteiger partial charge < -0.3 is 4.74 Å². The molecule has 1 aromatic rings. The monoisotopic (exact) mass is 165 g/mol. The summed E-state index contributed by atoms with van der Waals surface area (Å²) < 4.78 is 5.44. The largest absolute Gasteiger partial charge is 0.475 e. The standard InChI is InChI=1S/C10H15NO/c1-7(2)12-10-6-5-8(3)9(4)11-10/h5-7H,1-4H3. The van der Waals surface area contributed by atoms with E-state index in [1.54, 1.807) is 0 Å². The minimum Gasteiger partial charge on any atom is -0.475 e. The van der Waals surface area contributed by atoms with Gasteiger partial charge in [-0.3, -0.25) is 0 Å². The molecule has 0 fully saturated rings. The number of nitrogens with zero attached hydrogens (tertiary/aromatic N) is 1. The molecule has 66 valence electrons. The molecule has 0 saturated heterocycles. The normalized spacial score (nSPS) is 10.4. The van der Waals surface area contributed by atoms with Crippen LogP contribution in [-0.2, 0) is 0 Å². The Labute approximate surface area is 73.6 Å². The fraction of sp³-hybridized carbons (Fsp3) is 0.500. The van der Waals surface area contributed by atoms with Gasteiger partial charge in [0.1, 0.15) is 0 Å². The minimum atomic E-state index is 0.194. The van der Waals surface area contributed by atoms with Gasteiger partial charge in [0.25, 0.3) is 0 Å². The van der Waals surface area contributed by atoms with Crippen LogP contribution in [0.5, 0.6) is 5.88 Å². The average Bonchev–Trinajstić information content (AvgIpc) is 1.96. The van der Waals surface area contributed by atoms with Crippen molar-refractivity contribution in [3.05, 3.63) is 23.4 Å². The highest BCUT2D eigenvalue weighted by Crippen LogP contribution is 2.12. The molecular weight excluding hydrogens is 150 g/mol. The van der Waals surface area contributed by atoms with Crippen molar-refractivity contribution in [1.82, 2.24) is 4.98 Å². The zero-order valence-corrected chi connectivity index (χ0v) is 8.09. The van der Waals surface area contributed by atoms with Crippen molar-refractivity contribution >= 4 is 0 Å². The maximum Gasteiger partial charge on any atom is 0.213 e. The Morgan fingerprint density at radius 3 is 2.42 bits per heavy atom. The third-order valence-electron chi connectivity index (χ3n) is 1.68. The summed E-state index contributed by atoms with van der Waals surface area (Å²) in [6.07, 6.45) is 0.194. The molecular formula is C10H15NO. The van der Waals surface area contributed by atoms with Crippen LogP contribution < -0.4 is 4.74 Å². The first-order chi connectivity index (χ1) is 5.59. The Kier molecular flexibility index (Phi) is 2.69. The van der Waals surface area contributed by atoms with Crippen LogP contribution >= 0.6 is 0 Å². The Hall–Kier alpha value is -1.05. The van der Waals surface area contributed by atoms with E-state index >= 15 is 0 Å². The van der Waals surface area contributed by atoms with Crippen molar-refractivity contribution < 1.29 is 4.74 Å². The molecule has 0 unspecified atom stereocenters. The molecule has 0 aliphatic rings. The zero-order chi connectivity index (χ0) is 9.14. The summed E-state index contributed by atoms with van der Waals surface area (Å²) in [4.78, 5) is 4.29. The zero-order valence-electron chi connectivity index (χ0n) is 8.09. The van der Waals surface area contributed by atoms with E-state index in [1.807, 2.05) is 39.8 Å². The van der Waals surface area contributed by atoms with Gasteiger partial charge in [0.15, 0.2) is 0 Å². The van der Waals surface area contributed by atoms with Crippen LogP contribution in [0.4, 0.5) is 0 Å². The second-order valence-electron chi connectivity index (χ2n) is 3.22. The fourth-order valence-corrected chi connectivity index (χ4v) is 0.915. The van der Waals surface area contributed by atoms with Crippen molar-refractivity contribution in [2.24, 2.45) is 0 Å². The van der Waals surface area contributed by atoms with E-state index in [2.05, 4.69) is 4.98 Å². The first kappa shape index (κ1) is 9.04. The maximum absolute atomic E-state index is 5.44. The summed E-state index contributed by atoms with van der Waals surface area (Å²) in [6.45, 7) is 8.03. The van der Waals surface area contributed by atoms with Gasteiger partial charge in [-0.25, -0.2) is 4.98 Å². The summed E-state index contributed by atoms with van der Waals surface area (Å²) in [5.74, 6) is 0.716. The molecule has 0 aromatic carbocycles. The third kappa shape index (κ3) is 2.22. The molecule has 12 heavy (non-hydrogen) atoms. The van der Waals surface area contributed by atoms with Crippen LogP contribution in [0.2, 0.25) is 0 Å². The average molecular weight is 165 g/mol. The molecule has 0 radical (unpaired) electrons. The minimum absolute atomic E-state index is 0.194. The first-order valence-electron chi connectivity index (χ1n) is 4.20. The van der Waals surface area contributed by atoms with Crippen LogP contribution in [0, 0.1) is 13.8 Å². The van der Waals surface area contributed by atoms with Crippen molar-refractivity contribution in [1.29, 1.82) is 0 Å². The predicted octanol–water partition coefficient (Wildman–Crippen LogP) is 2.49. The van der Waals surface area contributed by atoms with Crippen LogP contribution in [0.15, 0.2) is 12.1 Å². The lowest BCUT2D eigenvalue weighted by molar-refractivity contribution is 0.232. The topological polar surface area (TPSA) is 22.1 Å². The molecule has 0 aliphatic carbocycles. The number of ether oxygens (including phenoxy) is 1. The molecule has 1 rings (SSSR count). The van der Waals surface area contributed by atoms with E-state index < -0.39 is 0 Å². The molecule has 0 spiro atoms. The lowest BCUT2D eigenvalue weighted by Crippen LogP contribution is -2.07. The highest BCUT2D eigenvalue weighted by atomic mass is 16.5. The summed E-state index contributed by atoms with van der Waals surface area (Å²) >= 11 is 0. The summed E-state index contributed by atoms with van der Waals surface area (Å²) in [5.41, 5.74) is 2.24. The number of rotatable bonds is 2. The summed E-state index contributed by atoms with van der Waals surface area (Å²) in [7, 11) is 0. The Bertz CT molecular complexity index is 269. The Balaban J connectivity index is 2.82. The van der Waals surface area contributed by atoms with Gasteiger partial charge in [-0.1, -0.05) is 6.07 Å². The second kappa shape index (κ2) is 3.57. The van der Waals surface area contributed by atoms with Gasteiger partial charge in [0.05, 0.1) is 6.10 Å². The van der Waals surface area contributed by atoms with Crippen molar-refractivity contribution in [3.63, 3.8) is 0 Å². The van der Waals surface area contributed by atoms with E-state index in [9.17, 15) is 0 Å². The van der Waals surface area contributed by atoms with Gasteiger partial charge in [-0.2, -0.15) is 0 Å². The van der Waals surface area contributed by atoms with E-state index in [1.165, 1.54) is 5.56 Å². The molecule has 0 saturated carbocycles. The Morgan fingerprint density at radius 2 is 1.92 bits per heavy atom. The van der Waals surface area contributed by atoms with Crippen LogP contribution in [-0.4, -0.2) is 11.1 Å². The lowest BCUT2D eigenvalue weighted by Gasteiger charge is -2.09. The van der Waals surface area contributed by atoms with Gasteiger partial charge in [-0.05, 0) is 33.3 Å². The van der Waals surface area contributed by atoms with Crippen molar-refractivity contribution in [2.75, 3.05) is 0 Å². The number of aryl methyl sites for hydroxylation is 2. The molecule has 0 bridgehead atoms. The molecule has 0 N–H and O–H groups in total. The highest BCUT2D eigenvalue weighted by molar-refractivity contribution is 5.23. The molecule has 2 nitrogen and oxygen atoms in total. The highest BCUT2D eigenvalue weighted by Gasteiger charge is 2.00. The maximum atomic E-state index is 5.44. The molecule has 0 amide bonds. The van der Waals surface area contributed by atoms with Gasteiger partial charge in [-0.15, -0.1) is 0 Å². The van der Waals surface area contributed by atoms with Gasteiger partial charge in [0, 0.05) is 11.8 Å². The van der Waals surface area contributed by atoms with Gasteiger partial charge in [0.2, 0.25) is 5.88 Å². The summed E-state index contributed by atoms with van der Waals surface area (Å²) in [6, 6.07) is 3.93. The molecule has 0 aliphatic heterocycles.